The number of aryl methyl sites for hydroxylation is 1. The molecule has 0 spiro atoms. The van der Waals surface area contributed by atoms with Gasteiger partial charge in [-0.1, -0.05) is 47.3 Å². The van der Waals surface area contributed by atoms with Crippen LogP contribution in [0.2, 0.25) is 0 Å². The molecule has 0 saturated heterocycles. The molecule has 0 bridgehead atoms. The molecular formula is C23H18FN5O4S. The van der Waals surface area contributed by atoms with Crippen LogP contribution in [-0.2, 0) is 5.75 Å². The summed E-state index contributed by atoms with van der Waals surface area (Å²) in [5, 5.41) is 20.8. The van der Waals surface area contributed by atoms with Crippen molar-refractivity contribution in [1.82, 2.24) is 25.6 Å². The summed E-state index contributed by atoms with van der Waals surface area (Å²) in [4.78, 5) is 0. The maximum absolute atomic E-state index is 13.0. The molecule has 3 aromatic heterocycles. The fourth-order valence-corrected chi connectivity index (χ4v) is 3.77. The molecule has 11 heteroatoms. The van der Waals surface area contributed by atoms with Crippen molar-refractivity contribution in [3.8, 4) is 28.5 Å². The summed E-state index contributed by atoms with van der Waals surface area (Å²) in [6.07, 6.45) is -0.504. The van der Waals surface area contributed by atoms with E-state index < -0.39 is 6.10 Å². The van der Waals surface area contributed by atoms with Crippen LogP contribution in [0.3, 0.4) is 0 Å². The maximum Gasteiger partial charge on any atom is 0.277 e. The minimum Gasteiger partial charge on any atom is -0.481 e. The van der Waals surface area contributed by atoms with Crippen LogP contribution in [-0.4, -0.2) is 25.6 Å². The quantitative estimate of drug-likeness (QED) is 0.258. The molecule has 9 nitrogen and oxygen atoms in total. The van der Waals surface area contributed by atoms with E-state index in [9.17, 15) is 4.39 Å². The molecule has 0 aliphatic heterocycles. The molecule has 0 N–H and O–H groups in total. The third kappa shape index (κ3) is 4.69. The average molecular weight is 479 g/mol. The lowest BCUT2D eigenvalue weighted by Gasteiger charge is -2.10. The van der Waals surface area contributed by atoms with Crippen LogP contribution in [0.4, 0.5) is 4.39 Å². The first kappa shape index (κ1) is 21.8. The Morgan fingerprint density at radius 3 is 2.56 bits per heavy atom. The molecule has 0 radical (unpaired) electrons. The topological polar surface area (TPSA) is 113 Å². The predicted molar refractivity (Wildman–Crippen MR) is 119 cm³/mol. The standard InChI is InChI=1S/C23H18FN5O4S/c1-13-19(20(29-33-13)15-6-4-3-5-7-15)22-27-25-18(31-22)12-34-23-28-26-21(32-23)14(2)30-17-10-8-16(24)9-11-17/h3-11,14H,12H2,1-2H3. The SMILES string of the molecule is Cc1onc(-c2ccccc2)c1-c1nnc(CSc2nnc(C(C)Oc3ccc(F)cc3)o2)o1. The molecule has 34 heavy (non-hydrogen) atoms. The summed E-state index contributed by atoms with van der Waals surface area (Å²) in [6, 6.07) is 15.3. The van der Waals surface area contributed by atoms with Crippen molar-refractivity contribution in [2.45, 2.75) is 30.9 Å². The minimum absolute atomic E-state index is 0.297. The number of hydrogen-bond donors (Lipinski definition) is 0. The molecule has 1 atom stereocenters. The van der Waals surface area contributed by atoms with E-state index in [0.29, 0.717) is 51.4 Å². The number of rotatable bonds is 8. The third-order valence-electron chi connectivity index (χ3n) is 4.81. The molecule has 3 heterocycles. The molecule has 0 amide bonds. The van der Waals surface area contributed by atoms with Gasteiger partial charge in [0, 0.05) is 5.56 Å². The van der Waals surface area contributed by atoms with Gasteiger partial charge in [-0.2, -0.15) is 0 Å². The average Bonchev–Trinajstić information content (AvgIpc) is 3.59. The van der Waals surface area contributed by atoms with Crippen LogP contribution in [0.5, 0.6) is 5.75 Å². The van der Waals surface area contributed by atoms with Gasteiger partial charge in [0.1, 0.15) is 28.6 Å². The van der Waals surface area contributed by atoms with Crippen LogP contribution < -0.4 is 4.74 Å². The van der Waals surface area contributed by atoms with E-state index in [2.05, 4.69) is 25.6 Å². The normalized spacial score (nSPS) is 12.1. The predicted octanol–water partition coefficient (Wildman–Crippen LogP) is 5.65. The second-order valence-electron chi connectivity index (χ2n) is 7.24. The summed E-state index contributed by atoms with van der Waals surface area (Å²) in [7, 11) is 0. The van der Waals surface area contributed by atoms with Gasteiger partial charge in [-0.15, -0.1) is 20.4 Å². The van der Waals surface area contributed by atoms with Gasteiger partial charge in [0.25, 0.3) is 17.0 Å². The Morgan fingerprint density at radius 2 is 1.76 bits per heavy atom. The number of halogens is 1. The highest BCUT2D eigenvalue weighted by molar-refractivity contribution is 7.98. The summed E-state index contributed by atoms with van der Waals surface area (Å²) < 4.78 is 35.6. The van der Waals surface area contributed by atoms with Crippen molar-refractivity contribution in [3.63, 3.8) is 0 Å². The highest BCUT2D eigenvalue weighted by Gasteiger charge is 2.22. The van der Waals surface area contributed by atoms with E-state index in [1.165, 1.54) is 36.0 Å². The van der Waals surface area contributed by atoms with Crippen molar-refractivity contribution in [2.75, 3.05) is 0 Å². The Morgan fingerprint density at radius 1 is 0.971 bits per heavy atom. The smallest absolute Gasteiger partial charge is 0.277 e. The van der Waals surface area contributed by atoms with Crippen LogP contribution >= 0.6 is 11.8 Å². The van der Waals surface area contributed by atoms with E-state index >= 15 is 0 Å². The van der Waals surface area contributed by atoms with Crippen molar-refractivity contribution in [3.05, 3.63) is 78.0 Å². The Labute approximate surface area is 197 Å². The molecule has 0 fully saturated rings. The molecule has 1 unspecified atom stereocenters. The number of ether oxygens (including phenoxy) is 1. The maximum atomic E-state index is 13.0. The largest absolute Gasteiger partial charge is 0.481 e. The van der Waals surface area contributed by atoms with E-state index in [4.69, 9.17) is 18.1 Å². The van der Waals surface area contributed by atoms with Gasteiger partial charge in [0.15, 0.2) is 6.10 Å². The van der Waals surface area contributed by atoms with Gasteiger partial charge in [0.05, 0.1) is 5.75 Å². The first-order chi connectivity index (χ1) is 16.6. The first-order valence-electron chi connectivity index (χ1n) is 10.3. The van der Waals surface area contributed by atoms with Crippen molar-refractivity contribution < 1.29 is 22.5 Å². The summed E-state index contributed by atoms with van der Waals surface area (Å²) in [5.41, 5.74) is 2.18. The first-order valence-corrected chi connectivity index (χ1v) is 11.3. The van der Waals surface area contributed by atoms with Gasteiger partial charge < -0.3 is 18.1 Å². The highest BCUT2D eigenvalue weighted by Crippen LogP contribution is 2.34. The molecule has 5 rings (SSSR count). The van der Waals surface area contributed by atoms with Crippen molar-refractivity contribution in [1.29, 1.82) is 0 Å². The van der Waals surface area contributed by atoms with Gasteiger partial charge in [-0.05, 0) is 38.1 Å². The molecule has 0 aliphatic carbocycles. The second kappa shape index (κ2) is 9.48. The highest BCUT2D eigenvalue weighted by atomic mass is 32.2. The molecule has 2 aromatic carbocycles. The molecule has 0 saturated carbocycles. The van der Waals surface area contributed by atoms with E-state index in [1.807, 2.05) is 30.3 Å². The van der Waals surface area contributed by atoms with Crippen LogP contribution in [0.1, 0.15) is 30.6 Å². The number of hydrogen-bond acceptors (Lipinski definition) is 10. The van der Waals surface area contributed by atoms with E-state index in [1.54, 1.807) is 13.8 Å². The lowest BCUT2D eigenvalue weighted by atomic mass is 10.1. The van der Waals surface area contributed by atoms with Gasteiger partial charge in [-0.25, -0.2) is 4.39 Å². The monoisotopic (exact) mass is 479 g/mol. The fraction of sp³-hybridized carbons (Fsp3) is 0.174. The zero-order valence-corrected chi connectivity index (χ0v) is 19.0. The van der Waals surface area contributed by atoms with Crippen molar-refractivity contribution in [2.24, 2.45) is 0 Å². The lowest BCUT2D eigenvalue weighted by molar-refractivity contribution is 0.181. The minimum atomic E-state index is -0.504. The summed E-state index contributed by atoms with van der Waals surface area (Å²) >= 11 is 1.25. The summed E-state index contributed by atoms with van der Waals surface area (Å²) in [5.74, 6) is 2.07. The third-order valence-corrected chi connectivity index (χ3v) is 5.61. The van der Waals surface area contributed by atoms with E-state index in [0.717, 1.165) is 5.56 Å². The fourth-order valence-electron chi connectivity index (χ4n) is 3.16. The molecule has 5 aromatic rings. The number of aromatic nitrogens is 5. The zero-order valence-electron chi connectivity index (χ0n) is 18.1. The molecular weight excluding hydrogens is 461 g/mol. The number of benzene rings is 2. The number of thioether (sulfide) groups is 1. The summed E-state index contributed by atoms with van der Waals surface area (Å²) in [6.45, 7) is 3.56. The van der Waals surface area contributed by atoms with Gasteiger partial charge >= 0.3 is 0 Å². The lowest BCUT2D eigenvalue weighted by Crippen LogP contribution is -2.03. The molecule has 172 valence electrons. The number of nitrogens with zero attached hydrogens (tertiary/aromatic N) is 5. The van der Waals surface area contributed by atoms with Crippen molar-refractivity contribution >= 4 is 11.8 Å². The van der Waals surface area contributed by atoms with Crippen LogP contribution in [0.15, 0.2) is 73.2 Å². The molecule has 0 aliphatic rings. The Bertz CT molecular complexity index is 1380. The van der Waals surface area contributed by atoms with Gasteiger partial charge in [-0.3, -0.25) is 0 Å². The zero-order chi connectivity index (χ0) is 23.5. The van der Waals surface area contributed by atoms with E-state index in [-0.39, 0.29) is 5.82 Å². The Kier molecular flexibility index (Phi) is 6.09. The second-order valence-corrected chi connectivity index (χ2v) is 8.16. The van der Waals surface area contributed by atoms with Crippen LogP contribution in [0.25, 0.3) is 22.7 Å². The Balaban J connectivity index is 1.24. The van der Waals surface area contributed by atoms with Crippen LogP contribution in [0, 0.1) is 12.7 Å². The Hall–Kier alpha value is -3.99. The van der Waals surface area contributed by atoms with Gasteiger partial charge in [0.2, 0.25) is 5.89 Å².